The van der Waals surface area contributed by atoms with Crippen LogP contribution >= 0.6 is 11.6 Å². The van der Waals surface area contributed by atoms with Gasteiger partial charge in [-0.15, -0.1) is 0 Å². The van der Waals surface area contributed by atoms with Gasteiger partial charge in [-0.05, 0) is 24.3 Å². The first-order valence-corrected chi connectivity index (χ1v) is 6.96. The number of hydrogen-bond acceptors (Lipinski definition) is 4. The predicted molar refractivity (Wildman–Crippen MR) is 82.4 cm³/mol. The van der Waals surface area contributed by atoms with E-state index in [1.807, 2.05) is 0 Å². The third-order valence-electron chi connectivity index (χ3n) is 2.88. The summed E-state index contributed by atoms with van der Waals surface area (Å²) in [4.78, 5) is 23.7. The summed E-state index contributed by atoms with van der Waals surface area (Å²) >= 11 is 5.78. The topological polar surface area (TPSA) is 64.6 Å². The molecule has 0 spiro atoms. The fraction of sp³-hybridized carbons (Fsp3) is 0.125. The van der Waals surface area contributed by atoms with E-state index in [1.54, 1.807) is 24.3 Å². The van der Waals surface area contributed by atoms with Crippen LogP contribution in [-0.2, 0) is 4.79 Å². The maximum Gasteiger partial charge on any atom is 0.330 e. The molecule has 0 aliphatic carbocycles. The van der Waals surface area contributed by atoms with Gasteiger partial charge in [0.2, 0.25) is 0 Å². The summed E-state index contributed by atoms with van der Waals surface area (Å²) in [5, 5.41) is 2.22. The Balaban J connectivity index is 1.98. The number of benzene rings is 2. The molecule has 2 aromatic rings. The molecule has 0 atom stereocenters. The second-order valence-electron chi connectivity index (χ2n) is 4.40. The molecule has 0 aliphatic heterocycles. The zero-order chi connectivity index (χ0) is 16.8. The minimum Gasteiger partial charge on any atom is -0.493 e. The molecule has 2 aromatic carbocycles. The number of halogens is 2. The van der Waals surface area contributed by atoms with Crippen molar-refractivity contribution in [2.45, 2.75) is 0 Å². The Morgan fingerprint density at radius 2 is 1.83 bits per heavy atom. The van der Waals surface area contributed by atoms with Gasteiger partial charge in [0.25, 0.3) is 5.91 Å². The highest BCUT2D eigenvalue weighted by atomic mass is 35.5. The van der Waals surface area contributed by atoms with E-state index in [4.69, 9.17) is 21.1 Å². The second kappa shape index (κ2) is 7.60. The van der Waals surface area contributed by atoms with E-state index in [-0.39, 0.29) is 16.3 Å². The fourth-order valence-corrected chi connectivity index (χ4v) is 2.07. The maximum atomic E-state index is 13.6. The van der Waals surface area contributed by atoms with E-state index in [9.17, 15) is 14.0 Å². The van der Waals surface area contributed by atoms with E-state index in [0.717, 1.165) is 6.07 Å². The van der Waals surface area contributed by atoms with Crippen molar-refractivity contribution in [1.82, 2.24) is 5.32 Å². The SMILES string of the molecule is COc1ccccc1OC(=O)CNC(=O)c1c(F)cccc1Cl. The van der Waals surface area contributed by atoms with Crippen LogP contribution < -0.4 is 14.8 Å². The van der Waals surface area contributed by atoms with Gasteiger partial charge >= 0.3 is 5.97 Å². The van der Waals surface area contributed by atoms with Crippen LogP contribution in [0.1, 0.15) is 10.4 Å². The standard InChI is InChI=1S/C16H13ClFNO4/c1-22-12-7-2-3-8-13(12)23-14(20)9-19-16(21)15-10(17)5-4-6-11(15)18/h2-8H,9H2,1H3,(H,19,21). The van der Waals surface area contributed by atoms with E-state index in [2.05, 4.69) is 5.32 Å². The maximum absolute atomic E-state index is 13.6. The van der Waals surface area contributed by atoms with Gasteiger partial charge < -0.3 is 14.8 Å². The van der Waals surface area contributed by atoms with Crippen LogP contribution in [0.4, 0.5) is 4.39 Å². The number of ether oxygens (including phenoxy) is 2. The van der Waals surface area contributed by atoms with Crippen molar-refractivity contribution < 1.29 is 23.5 Å². The number of carbonyl (C=O) groups is 2. The zero-order valence-corrected chi connectivity index (χ0v) is 12.9. The Kier molecular flexibility index (Phi) is 5.54. The lowest BCUT2D eigenvalue weighted by atomic mass is 10.2. The van der Waals surface area contributed by atoms with Crippen LogP contribution in [0, 0.1) is 5.82 Å². The Hall–Kier alpha value is -2.60. The average Bonchev–Trinajstić information content (AvgIpc) is 2.53. The average molecular weight is 338 g/mol. The van der Waals surface area contributed by atoms with Crippen LogP contribution in [0.25, 0.3) is 0 Å². The molecule has 0 bridgehead atoms. The van der Waals surface area contributed by atoms with Crippen LogP contribution in [-0.4, -0.2) is 25.5 Å². The number of hydrogen-bond donors (Lipinski definition) is 1. The quantitative estimate of drug-likeness (QED) is 0.673. The fourth-order valence-electron chi connectivity index (χ4n) is 1.82. The van der Waals surface area contributed by atoms with Crippen LogP contribution in [0.5, 0.6) is 11.5 Å². The summed E-state index contributed by atoms with van der Waals surface area (Å²) in [7, 11) is 1.44. The molecule has 0 saturated carbocycles. The molecule has 5 nitrogen and oxygen atoms in total. The molecule has 0 saturated heterocycles. The molecule has 0 fully saturated rings. The largest absolute Gasteiger partial charge is 0.493 e. The van der Waals surface area contributed by atoms with Crippen molar-refractivity contribution in [1.29, 1.82) is 0 Å². The van der Waals surface area contributed by atoms with Crippen LogP contribution in [0.2, 0.25) is 5.02 Å². The van der Waals surface area contributed by atoms with E-state index >= 15 is 0 Å². The minimum absolute atomic E-state index is 0.0411. The molecule has 0 unspecified atom stereocenters. The van der Waals surface area contributed by atoms with Crippen molar-refractivity contribution in [2.75, 3.05) is 13.7 Å². The Morgan fingerprint density at radius 3 is 2.48 bits per heavy atom. The summed E-state index contributed by atoms with van der Waals surface area (Å²) in [6, 6.07) is 10.4. The van der Waals surface area contributed by atoms with Crippen molar-refractivity contribution in [2.24, 2.45) is 0 Å². The smallest absolute Gasteiger partial charge is 0.330 e. The highest BCUT2D eigenvalue weighted by Gasteiger charge is 2.17. The molecule has 7 heteroatoms. The molecule has 0 aliphatic rings. The van der Waals surface area contributed by atoms with Gasteiger partial charge in [0.05, 0.1) is 17.7 Å². The lowest BCUT2D eigenvalue weighted by Gasteiger charge is -2.10. The van der Waals surface area contributed by atoms with Crippen LogP contribution in [0.15, 0.2) is 42.5 Å². The molecule has 23 heavy (non-hydrogen) atoms. The number of methoxy groups -OCH3 is 1. The molecule has 0 radical (unpaired) electrons. The van der Waals surface area contributed by atoms with Gasteiger partial charge in [0, 0.05) is 0 Å². The number of nitrogens with one attached hydrogen (secondary N) is 1. The van der Waals surface area contributed by atoms with E-state index in [0.29, 0.717) is 5.75 Å². The van der Waals surface area contributed by atoms with Gasteiger partial charge in [0.15, 0.2) is 11.5 Å². The first-order valence-electron chi connectivity index (χ1n) is 6.59. The lowest BCUT2D eigenvalue weighted by Crippen LogP contribution is -2.32. The Bertz CT molecular complexity index is 716. The third kappa shape index (κ3) is 4.20. The molecule has 1 amide bonds. The van der Waals surface area contributed by atoms with Gasteiger partial charge in [-0.1, -0.05) is 29.8 Å². The number of carbonyl (C=O) groups excluding carboxylic acids is 2. The third-order valence-corrected chi connectivity index (χ3v) is 3.19. The Labute approximate surface area is 137 Å². The first kappa shape index (κ1) is 16.8. The molecule has 1 N–H and O–H groups in total. The summed E-state index contributed by atoms with van der Waals surface area (Å²) in [5.74, 6) is -1.70. The predicted octanol–water partition coefficient (Wildman–Crippen LogP) is 2.82. The first-order chi connectivity index (χ1) is 11.0. The van der Waals surface area contributed by atoms with Crippen LogP contribution in [0.3, 0.4) is 0 Å². The van der Waals surface area contributed by atoms with E-state index in [1.165, 1.54) is 19.2 Å². The molecule has 0 heterocycles. The highest BCUT2D eigenvalue weighted by Crippen LogP contribution is 2.25. The number of amides is 1. The molecule has 2 rings (SSSR count). The zero-order valence-electron chi connectivity index (χ0n) is 12.1. The summed E-state index contributed by atoms with van der Waals surface area (Å²) in [6.45, 7) is -0.443. The lowest BCUT2D eigenvalue weighted by molar-refractivity contribution is -0.133. The molecule has 120 valence electrons. The summed E-state index contributed by atoms with van der Waals surface area (Å²) in [6.07, 6.45) is 0. The Morgan fingerprint density at radius 1 is 1.13 bits per heavy atom. The van der Waals surface area contributed by atoms with Gasteiger partial charge in [0.1, 0.15) is 12.4 Å². The second-order valence-corrected chi connectivity index (χ2v) is 4.81. The molecular weight excluding hydrogens is 325 g/mol. The summed E-state index contributed by atoms with van der Waals surface area (Å²) < 4.78 is 23.7. The number of esters is 1. The number of rotatable bonds is 5. The van der Waals surface area contributed by atoms with Crippen molar-refractivity contribution in [3.8, 4) is 11.5 Å². The van der Waals surface area contributed by atoms with Crippen molar-refractivity contribution >= 4 is 23.5 Å². The van der Waals surface area contributed by atoms with Crippen molar-refractivity contribution in [3.05, 3.63) is 58.9 Å². The minimum atomic E-state index is -0.801. The summed E-state index contributed by atoms with van der Waals surface area (Å²) in [5.41, 5.74) is -0.320. The van der Waals surface area contributed by atoms with Gasteiger partial charge in [-0.25, -0.2) is 9.18 Å². The van der Waals surface area contributed by atoms with Crippen molar-refractivity contribution in [3.63, 3.8) is 0 Å². The normalized spacial score (nSPS) is 10.0. The number of para-hydroxylation sites is 2. The molecule has 0 aromatic heterocycles. The monoisotopic (exact) mass is 337 g/mol. The molecular formula is C16H13ClFNO4. The van der Waals surface area contributed by atoms with Gasteiger partial charge in [-0.3, -0.25) is 4.79 Å². The van der Waals surface area contributed by atoms with E-state index < -0.39 is 24.2 Å². The highest BCUT2D eigenvalue weighted by molar-refractivity contribution is 6.33. The van der Waals surface area contributed by atoms with Gasteiger partial charge in [-0.2, -0.15) is 0 Å².